The molecule has 0 aromatic heterocycles. The summed E-state index contributed by atoms with van der Waals surface area (Å²) in [5, 5.41) is 0. The fourth-order valence-corrected chi connectivity index (χ4v) is 3.43. The Labute approximate surface area is 192 Å². The Kier molecular flexibility index (Phi) is 8.24. The summed E-state index contributed by atoms with van der Waals surface area (Å²) in [6, 6.07) is 14.0. The molecule has 0 amide bonds. The first-order valence-corrected chi connectivity index (χ1v) is 11.8. The van der Waals surface area contributed by atoms with Crippen LogP contribution in [0.25, 0.3) is 12.2 Å². The Morgan fingerprint density at radius 2 is 1.06 bits per heavy atom. The molecule has 6 nitrogen and oxygen atoms in total. The van der Waals surface area contributed by atoms with Crippen LogP contribution in [0.2, 0.25) is 0 Å². The van der Waals surface area contributed by atoms with Crippen LogP contribution < -0.4 is 0 Å². The Balaban J connectivity index is 1.89. The first-order chi connectivity index (χ1) is 15.9. The summed E-state index contributed by atoms with van der Waals surface area (Å²) in [6.45, 7) is -0.186. The standard InChI is InChI=1S/C26H20O6S/c27-25-15-13-23-9-3-1-7-21(23)11-5-19-33(29,30)20-6-12-22-8-2-4-10-24(22)14-16-26(28)32-18-17-31-25/h1-4,7-10,13-16H,17-20H2/b15-13-,16-14-. The molecule has 7 heteroatoms. The molecule has 1 aliphatic rings. The van der Waals surface area contributed by atoms with Gasteiger partial charge in [0.1, 0.15) is 24.7 Å². The molecule has 3 rings (SSSR count). The van der Waals surface area contributed by atoms with Gasteiger partial charge in [0.15, 0.2) is 9.84 Å². The molecule has 166 valence electrons. The number of ether oxygens (including phenoxy) is 2. The molecule has 0 saturated carbocycles. The third-order valence-electron chi connectivity index (χ3n) is 4.32. The minimum absolute atomic E-state index is 0.0931. The van der Waals surface area contributed by atoms with E-state index in [9.17, 15) is 18.0 Å². The highest BCUT2D eigenvalue weighted by Crippen LogP contribution is 2.11. The number of sulfone groups is 1. The lowest BCUT2D eigenvalue weighted by atomic mass is 10.1. The van der Waals surface area contributed by atoms with Crippen molar-refractivity contribution in [1.29, 1.82) is 0 Å². The van der Waals surface area contributed by atoms with Gasteiger partial charge < -0.3 is 9.47 Å². The quantitative estimate of drug-likeness (QED) is 0.444. The SMILES string of the molecule is O=C1/C=C\c2ccccc2C#CCS(=O)(=O)CC#Cc2ccccc2/C=C\C(=O)OCCO1. The molecule has 2 aromatic carbocycles. The molecule has 0 N–H and O–H groups in total. The molecule has 1 aliphatic heterocycles. The van der Waals surface area contributed by atoms with E-state index in [1.165, 1.54) is 24.3 Å². The lowest BCUT2D eigenvalue weighted by Crippen LogP contribution is -2.11. The lowest BCUT2D eigenvalue weighted by Gasteiger charge is -2.03. The fraction of sp³-hybridized carbons (Fsp3) is 0.154. The van der Waals surface area contributed by atoms with Gasteiger partial charge in [0, 0.05) is 23.3 Å². The van der Waals surface area contributed by atoms with Gasteiger partial charge in [-0.2, -0.15) is 0 Å². The fourth-order valence-electron chi connectivity index (χ4n) is 2.74. The molecule has 33 heavy (non-hydrogen) atoms. The number of rotatable bonds is 0. The first kappa shape index (κ1) is 23.6. The van der Waals surface area contributed by atoms with E-state index in [0.29, 0.717) is 22.3 Å². The van der Waals surface area contributed by atoms with Gasteiger partial charge in [0.2, 0.25) is 0 Å². The maximum atomic E-state index is 12.3. The summed E-state index contributed by atoms with van der Waals surface area (Å²) < 4.78 is 34.7. The van der Waals surface area contributed by atoms with E-state index in [1.54, 1.807) is 48.5 Å². The van der Waals surface area contributed by atoms with E-state index in [2.05, 4.69) is 23.7 Å². The van der Waals surface area contributed by atoms with Crippen LogP contribution in [0.5, 0.6) is 0 Å². The highest BCUT2D eigenvalue weighted by Gasteiger charge is 2.07. The van der Waals surface area contributed by atoms with Gasteiger partial charge in [-0.25, -0.2) is 18.0 Å². The Hall–Kier alpha value is -4.07. The summed E-state index contributed by atoms with van der Waals surface area (Å²) in [5.41, 5.74) is 2.42. The summed E-state index contributed by atoms with van der Waals surface area (Å²) in [6.07, 6.45) is 5.52. The minimum atomic E-state index is -3.53. The third-order valence-corrected chi connectivity index (χ3v) is 5.49. The summed E-state index contributed by atoms with van der Waals surface area (Å²) in [5.74, 6) is 9.11. The Bertz CT molecular complexity index is 1230. The van der Waals surface area contributed by atoms with Gasteiger partial charge in [-0.3, -0.25) is 0 Å². The maximum absolute atomic E-state index is 12.3. The summed E-state index contributed by atoms with van der Waals surface area (Å²) in [7, 11) is -3.53. The van der Waals surface area contributed by atoms with E-state index >= 15 is 0 Å². The molecule has 2 aromatic rings. The average Bonchev–Trinajstić information content (AvgIpc) is 2.80. The molecular formula is C26H20O6S. The number of hydrogen-bond donors (Lipinski definition) is 0. The zero-order valence-corrected chi connectivity index (χ0v) is 18.4. The van der Waals surface area contributed by atoms with Gasteiger partial charge in [-0.05, 0) is 35.4 Å². The van der Waals surface area contributed by atoms with Crippen LogP contribution in [0, 0.1) is 23.7 Å². The van der Waals surface area contributed by atoms with Gasteiger partial charge in [0.25, 0.3) is 0 Å². The number of benzene rings is 2. The molecule has 0 radical (unpaired) electrons. The van der Waals surface area contributed by atoms with Crippen LogP contribution >= 0.6 is 0 Å². The molecule has 0 spiro atoms. The van der Waals surface area contributed by atoms with Crippen molar-refractivity contribution < 1.29 is 27.5 Å². The summed E-state index contributed by atoms with van der Waals surface area (Å²) >= 11 is 0. The molecule has 0 atom stereocenters. The van der Waals surface area contributed by atoms with E-state index in [0.717, 1.165) is 0 Å². The van der Waals surface area contributed by atoms with Crippen molar-refractivity contribution in [3.8, 4) is 23.7 Å². The minimum Gasteiger partial charge on any atom is -0.459 e. The number of fused-ring (bicyclic) bond motifs is 2. The smallest absolute Gasteiger partial charge is 0.330 e. The Morgan fingerprint density at radius 3 is 1.52 bits per heavy atom. The normalized spacial score (nSPS) is 18.2. The van der Waals surface area contributed by atoms with E-state index in [4.69, 9.17) is 9.47 Å². The van der Waals surface area contributed by atoms with Crippen LogP contribution in [-0.2, 0) is 28.9 Å². The van der Waals surface area contributed by atoms with Gasteiger partial charge >= 0.3 is 11.9 Å². The molecule has 1 heterocycles. The van der Waals surface area contributed by atoms with Crippen molar-refractivity contribution in [2.45, 2.75) is 0 Å². The zero-order valence-electron chi connectivity index (χ0n) is 17.6. The predicted molar refractivity (Wildman–Crippen MR) is 125 cm³/mol. The van der Waals surface area contributed by atoms with Gasteiger partial charge in [-0.1, -0.05) is 60.1 Å². The monoisotopic (exact) mass is 460 g/mol. The van der Waals surface area contributed by atoms with Gasteiger partial charge in [0.05, 0.1) is 0 Å². The molecular weight excluding hydrogens is 440 g/mol. The van der Waals surface area contributed by atoms with E-state index in [-0.39, 0.29) is 24.7 Å². The first-order valence-electron chi connectivity index (χ1n) is 9.99. The lowest BCUT2D eigenvalue weighted by molar-refractivity contribution is -0.145. The molecule has 0 aliphatic carbocycles. The molecule has 0 unspecified atom stereocenters. The predicted octanol–water partition coefficient (Wildman–Crippen LogP) is 2.63. The largest absolute Gasteiger partial charge is 0.459 e. The second kappa shape index (κ2) is 11.5. The van der Waals surface area contributed by atoms with Crippen molar-refractivity contribution in [3.63, 3.8) is 0 Å². The molecule has 0 bridgehead atoms. The third kappa shape index (κ3) is 7.84. The Morgan fingerprint density at radius 1 is 0.636 bits per heavy atom. The van der Waals surface area contributed by atoms with Crippen LogP contribution in [-0.4, -0.2) is 45.1 Å². The van der Waals surface area contributed by atoms with Crippen LogP contribution in [0.3, 0.4) is 0 Å². The van der Waals surface area contributed by atoms with Crippen molar-refractivity contribution in [3.05, 3.63) is 82.9 Å². The number of carbonyl (C=O) groups is 2. The van der Waals surface area contributed by atoms with Crippen LogP contribution in [0.1, 0.15) is 22.3 Å². The number of carbonyl (C=O) groups excluding carboxylic acids is 2. The second-order valence-corrected chi connectivity index (χ2v) is 8.88. The van der Waals surface area contributed by atoms with Crippen molar-refractivity contribution in [2.75, 3.05) is 24.7 Å². The van der Waals surface area contributed by atoms with Crippen LogP contribution in [0.4, 0.5) is 0 Å². The van der Waals surface area contributed by atoms with Crippen molar-refractivity contribution in [1.82, 2.24) is 0 Å². The van der Waals surface area contributed by atoms with Gasteiger partial charge in [-0.15, -0.1) is 0 Å². The van der Waals surface area contributed by atoms with Crippen LogP contribution in [0.15, 0.2) is 60.7 Å². The summed E-state index contributed by atoms with van der Waals surface area (Å²) in [4.78, 5) is 23.8. The number of esters is 2. The topological polar surface area (TPSA) is 86.7 Å². The highest BCUT2D eigenvalue weighted by atomic mass is 32.2. The molecule has 0 saturated heterocycles. The molecule has 0 fully saturated rings. The maximum Gasteiger partial charge on any atom is 0.330 e. The van der Waals surface area contributed by atoms with Crippen molar-refractivity contribution in [2.24, 2.45) is 0 Å². The number of cyclic esters (lactones) is 2. The van der Waals surface area contributed by atoms with E-state index < -0.39 is 21.8 Å². The average molecular weight is 461 g/mol. The van der Waals surface area contributed by atoms with E-state index in [1.807, 2.05) is 0 Å². The highest BCUT2D eigenvalue weighted by molar-refractivity contribution is 7.91. The zero-order chi connectivity index (χ0) is 23.5. The second-order valence-electron chi connectivity index (χ2n) is 6.81. The number of hydrogen-bond acceptors (Lipinski definition) is 6. The van der Waals surface area contributed by atoms with Crippen molar-refractivity contribution >= 4 is 33.9 Å².